The molecule has 0 aliphatic carbocycles. The van der Waals surface area contributed by atoms with Crippen molar-refractivity contribution in [2.45, 2.75) is 38.7 Å². The first-order valence-electron chi connectivity index (χ1n) is 6.88. The van der Waals surface area contributed by atoms with Crippen LogP contribution in [0.2, 0.25) is 0 Å². The fraction of sp³-hybridized carbons (Fsp3) is 0.438. The lowest BCUT2D eigenvalue weighted by Crippen LogP contribution is -2.22. The van der Waals surface area contributed by atoms with Crippen LogP contribution in [0.25, 0.3) is 11.0 Å². The van der Waals surface area contributed by atoms with Gasteiger partial charge in [-0.25, -0.2) is 0 Å². The maximum Gasteiger partial charge on any atom is 0.200 e. The quantitative estimate of drug-likeness (QED) is 0.784. The predicted octanol–water partition coefficient (Wildman–Crippen LogP) is 3.88. The molecule has 0 saturated carbocycles. The van der Waals surface area contributed by atoms with Crippen LogP contribution in [-0.2, 0) is 4.74 Å². The van der Waals surface area contributed by atoms with E-state index in [9.17, 15) is 4.79 Å². The molecule has 1 atom stereocenters. The zero-order valence-corrected chi connectivity index (χ0v) is 11.1. The summed E-state index contributed by atoms with van der Waals surface area (Å²) in [6.07, 6.45) is 3.73. The van der Waals surface area contributed by atoms with Crippen molar-refractivity contribution in [1.82, 2.24) is 0 Å². The maximum absolute atomic E-state index is 12.2. The van der Waals surface area contributed by atoms with Crippen LogP contribution in [-0.4, -0.2) is 18.5 Å². The van der Waals surface area contributed by atoms with Crippen LogP contribution in [0.1, 0.15) is 41.8 Å². The molecule has 1 unspecified atom stereocenters. The highest BCUT2D eigenvalue weighted by atomic mass is 16.5. The lowest BCUT2D eigenvalue weighted by atomic mass is 10.0. The van der Waals surface area contributed by atoms with Crippen LogP contribution in [0, 0.1) is 6.92 Å². The molecule has 1 aromatic heterocycles. The normalized spacial score (nSPS) is 19.7. The summed E-state index contributed by atoms with van der Waals surface area (Å²) >= 11 is 0. The largest absolute Gasteiger partial charge is 0.453 e. The van der Waals surface area contributed by atoms with Gasteiger partial charge in [0.1, 0.15) is 5.58 Å². The average Bonchev–Trinajstić information content (AvgIpc) is 2.85. The molecule has 3 nitrogen and oxygen atoms in total. The van der Waals surface area contributed by atoms with E-state index in [1.54, 1.807) is 0 Å². The van der Waals surface area contributed by atoms with Crippen LogP contribution >= 0.6 is 0 Å². The fourth-order valence-corrected chi connectivity index (χ4v) is 2.62. The van der Waals surface area contributed by atoms with Crippen molar-refractivity contribution in [1.29, 1.82) is 0 Å². The second-order valence-corrected chi connectivity index (χ2v) is 5.22. The molecule has 1 saturated heterocycles. The number of ether oxygens (including phenoxy) is 1. The molecule has 100 valence electrons. The molecule has 3 heteroatoms. The van der Waals surface area contributed by atoms with Gasteiger partial charge in [0.25, 0.3) is 0 Å². The first-order chi connectivity index (χ1) is 9.24. The van der Waals surface area contributed by atoms with Crippen LogP contribution in [0.5, 0.6) is 0 Å². The molecule has 19 heavy (non-hydrogen) atoms. The minimum absolute atomic E-state index is 0.0440. The van der Waals surface area contributed by atoms with Gasteiger partial charge in [-0.2, -0.15) is 0 Å². The highest BCUT2D eigenvalue weighted by Crippen LogP contribution is 2.25. The van der Waals surface area contributed by atoms with Crippen molar-refractivity contribution >= 4 is 16.8 Å². The van der Waals surface area contributed by atoms with Crippen LogP contribution in [0.15, 0.2) is 28.7 Å². The Morgan fingerprint density at radius 1 is 1.37 bits per heavy atom. The van der Waals surface area contributed by atoms with Crippen LogP contribution < -0.4 is 0 Å². The van der Waals surface area contributed by atoms with Gasteiger partial charge in [0.05, 0.1) is 6.10 Å². The van der Waals surface area contributed by atoms with Crippen molar-refractivity contribution in [2.75, 3.05) is 6.61 Å². The summed E-state index contributed by atoms with van der Waals surface area (Å²) in [5.41, 5.74) is 1.88. The van der Waals surface area contributed by atoms with Gasteiger partial charge in [-0.05, 0) is 37.8 Å². The van der Waals surface area contributed by atoms with E-state index in [0.717, 1.165) is 42.4 Å². The Bertz CT molecular complexity index is 591. The number of hydrogen-bond acceptors (Lipinski definition) is 3. The smallest absolute Gasteiger partial charge is 0.200 e. The Hall–Kier alpha value is -1.61. The number of aryl methyl sites for hydroxylation is 1. The van der Waals surface area contributed by atoms with Gasteiger partial charge < -0.3 is 9.15 Å². The third kappa shape index (κ3) is 2.56. The molecule has 0 spiro atoms. The molecular weight excluding hydrogens is 240 g/mol. The summed E-state index contributed by atoms with van der Waals surface area (Å²) < 4.78 is 11.3. The lowest BCUT2D eigenvalue weighted by molar-refractivity contribution is 0.0123. The van der Waals surface area contributed by atoms with Gasteiger partial charge in [-0.3, -0.25) is 4.79 Å². The molecule has 1 fully saturated rings. The molecule has 2 heterocycles. The molecular formula is C16H18O3. The van der Waals surface area contributed by atoms with E-state index in [2.05, 4.69) is 0 Å². The van der Waals surface area contributed by atoms with Gasteiger partial charge in [0, 0.05) is 18.4 Å². The zero-order chi connectivity index (χ0) is 13.2. The van der Waals surface area contributed by atoms with E-state index in [-0.39, 0.29) is 11.9 Å². The summed E-state index contributed by atoms with van der Waals surface area (Å²) in [5, 5.41) is 0.993. The highest BCUT2D eigenvalue weighted by Gasteiger charge is 2.21. The van der Waals surface area contributed by atoms with E-state index in [1.807, 2.05) is 31.2 Å². The fourth-order valence-electron chi connectivity index (χ4n) is 2.62. The predicted molar refractivity (Wildman–Crippen MR) is 73.5 cm³/mol. The number of furan rings is 1. The molecule has 1 aliphatic heterocycles. The molecule has 0 bridgehead atoms. The third-order valence-electron chi connectivity index (χ3n) is 3.70. The van der Waals surface area contributed by atoms with Gasteiger partial charge in [0.2, 0.25) is 5.78 Å². The van der Waals surface area contributed by atoms with Gasteiger partial charge in [-0.1, -0.05) is 18.2 Å². The minimum atomic E-state index is 0.0440. The number of para-hydroxylation sites is 1. The first kappa shape index (κ1) is 12.4. The van der Waals surface area contributed by atoms with Crippen LogP contribution in [0.4, 0.5) is 0 Å². The topological polar surface area (TPSA) is 39.4 Å². The van der Waals surface area contributed by atoms with Crippen molar-refractivity contribution in [2.24, 2.45) is 0 Å². The Kier molecular flexibility index (Phi) is 3.38. The molecule has 2 aromatic rings. The number of fused-ring (bicyclic) bond motifs is 1. The van der Waals surface area contributed by atoms with Crippen LogP contribution in [0.3, 0.4) is 0 Å². The Morgan fingerprint density at radius 2 is 2.26 bits per heavy atom. The monoisotopic (exact) mass is 258 g/mol. The van der Waals surface area contributed by atoms with Gasteiger partial charge in [0.15, 0.2) is 5.76 Å². The molecule has 1 aliphatic rings. The number of Topliss-reactive ketones (excluding diaryl/α,β-unsaturated/α-hetero) is 1. The van der Waals surface area contributed by atoms with Crippen molar-refractivity contribution in [3.63, 3.8) is 0 Å². The summed E-state index contributed by atoms with van der Waals surface area (Å²) in [4.78, 5) is 12.2. The Morgan fingerprint density at radius 3 is 3.00 bits per heavy atom. The van der Waals surface area contributed by atoms with E-state index in [1.165, 1.54) is 0 Å². The van der Waals surface area contributed by atoms with Crippen molar-refractivity contribution < 1.29 is 13.9 Å². The number of hydrogen-bond donors (Lipinski definition) is 0. The van der Waals surface area contributed by atoms with E-state index in [0.29, 0.717) is 12.2 Å². The summed E-state index contributed by atoms with van der Waals surface area (Å²) in [5.74, 6) is 0.501. The Balaban J connectivity index is 1.79. The van der Waals surface area contributed by atoms with Gasteiger partial charge in [-0.15, -0.1) is 0 Å². The van der Waals surface area contributed by atoms with Crippen molar-refractivity contribution in [3.05, 3.63) is 35.6 Å². The van der Waals surface area contributed by atoms with Gasteiger partial charge >= 0.3 is 0 Å². The number of carbonyl (C=O) groups is 1. The van der Waals surface area contributed by atoms with E-state index < -0.39 is 0 Å². The second-order valence-electron chi connectivity index (χ2n) is 5.22. The summed E-state index contributed by atoms with van der Waals surface area (Å²) in [6.45, 7) is 2.77. The number of benzene rings is 1. The molecule has 0 N–H and O–H groups in total. The number of ketones is 1. The maximum atomic E-state index is 12.2. The highest BCUT2D eigenvalue weighted by molar-refractivity contribution is 5.98. The van der Waals surface area contributed by atoms with E-state index in [4.69, 9.17) is 9.15 Å². The van der Waals surface area contributed by atoms with Crippen molar-refractivity contribution in [3.8, 4) is 0 Å². The second kappa shape index (κ2) is 5.17. The molecule has 1 aromatic carbocycles. The zero-order valence-electron chi connectivity index (χ0n) is 11.1. The summed E-state index contributed by atoms with van der Waals surface area (Å²) in [6, 6.07) is 7.78. The molecule has 3 rings (SSSR count). The average molecular weight is 258 g/mol. The number of carbonyl (C=O) groups excluding carboxylic acids is 1. The Labute approximate surface area is 112 Å². The third-order valence-corrected chi connectivity index (χ3v) is 3.70. The molecule has 0 radical (unpaired) electrons. The van der Waals surface area contributed by atoms with E-state index >= 15 is 0 Å². The molecule has 0 amide bonds. The standard InChI is InChI=1S/C16H18O3/c1-11-5-4-6-12-9-15(19-16(11)12)14(17)10-13-7-2-3-8-18-13/h4-6,9,13H,2-3,7-8,10H2,1H3. The summed E-state index contributed by atoms with van der Waals surface area (Å²) in [7, 11) is 0. The first-order valence-corrected chi connectivity index (χ1v) is 6.88. The number of rotatable bonds is 3. The minimum Gasteiger partial charge on any atom is -0.453 e. The SMILES string of the molecule is Cc1cccc2cc(C(=O)CC3CCCCO3)oc12. The lowest BCUT2D eigenvalue weighted by Gasteiger charge is -2.21.